The van der Waals surface area contributed by atoms with E-state index < -0.39 is 5.97 Å². The second-order valence-electron chi connectivity index (χ2n) is 2.59. The van der Waals surface area contributed by atoms with E-state index in [0.29, 0.717) is 0 Å². The van der Waals surface area contributed by atoms with Gasteiger partial charge in [-0.25, -0.2) is 0 Å². The Bertz CT molecular complexity index is 105. The summed E-state index contributed by atoms with van der Waals surface area (Å²) in [4.78, 5) is 10.3. The van der Waals surface area contributed by atoms with Gasteiger partial charge in [0, 0.05) is 0 Å². The van der Waals surface area contributed by atoms with Gasteiger partial charge in [0.2, 0.25) is 0 Å². The van der Waals surface area contributed by atoms with Crippen molar-refractivity contribution in [1.29, 1.82) is 0 Å². The Hall–Kier alpha value is -0.530. The Balaban J connectivity index is 3.71. The van der Waals surface area contributed by atoms with E-state index in [1.54, 1.807) is 0 Å². The maximum absolute atomic E-state index is 10.3. The van der Waals surface area contributed by atoms with Crippen LogP contribution >= 0.6 is 0 Å². The van der Waals surface area contributed by atoms with Crippen molar-refractivity contribution in [3.05, 3.63) is 6.92 Å². The van der Waals surface area contributed by atoms with Crippen molar-refractivity contribution < 1.29 is 9.53 Å². The van der Waals surface area contributed by atoms with Crippen LogP contribution in [-0.4, -0.2) is 11.6 Å². The van der Waals surface area contributed by atoms with Gasteiger partial charge in [0.1, 0.15) is 5.60 Å². The summed E-state index contributed by atoms with van der Waals surface area (Å²) in [5.41, 5.74) is -0.348. The smallest absolute Gasteiger partial charge is 0.306 e. The summed E-state index contributed by atoms with van der Waals surface area (Å²) in [6.45, 7) is 8.79. The third-order valence-electron chi connectivity index (χ3n) is 1.24. The standard InChI is InChI=1S/C7H13O2/c1-5-7(3,4)9-6(2)8/h2,5H2,1,3-4H3. The van der Waals surface area contributed by atoms with E-state index >= 15 is 0 Å². The maximum Gasteiger partial charge on any atom is 0.306 e. The number of carbonyl (C=O) groups excluding carboxylic acids is 1. The summed E-state index contributed by atoms with van der Waals surface area (Å²) < 4.78 is 4.84. The molecule has 0 aromatic carbocycles. The molecule has 9 heavy (non-hydrogen) atoms. The van der Waals surface area contributed by atoms with Gasteiger partial charge in [0.15, 0.2) is 0 Å². The van der Waals surface area contributed by atoms with Crippen molar-refractivity contribution in [2.24, 2.45) is 0 Å². The van der Waals surface area contributed by atoms with Gasteiger partial charge < -0.3 is 4.74 Å². The van der Waals surface area contributed by atoms with Crippen LogP contribution in [0.15, 0.2) is 0 Å². The van der Waals surface area contributed by atoms with Crippen LogP contribution in [-0.2, 0) is 9.53 Å². The Labute approximate surface area is 56.2 Å². The van der Waals surface area contributed by atoms with Gasteiger partial charge in [-0.05, 0) is 20.3 Å². The zero-order valence-corrected chi connectivity index (χ0v) is 6.23. The highest BCUT2D eigenvalue weighted by Gasteiger charge is 2.17. The van der Waals surface area contributed by atoms with Gasteiger partial charge in [-0.15, -0.1) is 0 Å². The molecule has 0 aromatic rings. The van der Waals surface area contributed by atoms with E-state index in [-0.39, 0.29) is 5.60 Å². The first-order valence-electron chi connectivity index (χ1n) is 3.03. The molecule has 0 saturated heterocycles. The molecule has 0 aliphatic heterocycles. The highest BCUT2D eigenvalue weighted by Crippen LogP contribution is 2.12. The second kappa shape index (κ2) is 2.85. The van der Waals surface area contributed by atoms with Crippen molar-refractivity contribution in [3.8, 4) is 0 Å². The molecule has 0 rings (SSSR count). The minimum atomic E-state index is -0.457. The molecule has 0 aliphatic rings. The normalized spacial score (nSPS) is 11.1. The highest BCUT2D eigenvalue weighted by atomic mass is 16.6. The van der Waals surface area contributed by atoms with Crippen LogP contribution in [0.2, 0.25) is 0 Å². The largest absolute Gasteiger partial charge is 0.460 e. The van der Waals surface area contributed by atoms with Gasteiger partial charge >= 0.3 is 5.97 Å². The summed E-state index contributed by atoms with van der Waals surface area (Å²) in [5, 5.41) is 0. The predicted molar refractivity (Wildman–Crippen MR) is 35.8 cm³/mol. The molecule has 0 atom stereocenters. The lowest BCUT2D eigenvalue weighted by molar-refractivity contribution is -0.150. The van der Waals surface area contributed by atoms with Crippen molar-refractivity contribution >= 4 is 5.97 Å². The average Bonchev–Trinajstić information content (AvgIpc) is 1.63. The van der Waals surface area contributed by atoms with Crippen LogP contribution in [0.4, 0.5) is 0 Å². The molecule has 2 heteroatoms. The zero-order chi connectivity index (χ0) is 7.49. The first-order chi connectivity index (χ1) is 3.98. The molecule has 0 amide bonds. The Kier molecular flexibility index (Phi) is 2.68. The van der Waals surface area contributed by atoms with Crippen LogP contribution in [0, 0.1) is 6.92 Å². The molecule has 0 bridgehead atoms. The Morgan fingerprint density at radius 2 is 2.11 bits per heavy atom. The fourth-order valence-corrected chi connectivity index (χ4v) is 0.380. The minimum absolute atomic E-state index is 0.348. The summed E-state index contributed by atoms with van der Waals surface area (Å²) in [5.74, 6) is -0.457. The molecule has 0 aliphatic carbocycles. The molecule has 0 unspecified atom stereocenters. The SMILES string of the molecule is [CH2]C(=O)OC(C)(C)CC. The number of esters is 1. The summed E-state index contributed by atoms with van der Waals surface area (Å²) in [7, 11) is 0. The first kappa shape index (κ1) is 8.47. The monoisotopic (exact) mass is 129 g/mol. The van der Waals surface area contributed by atoms with Crippen LogP contribution in [0.25, 0.3) is 0 Å². The Morgan fingerprint density at radius 3 is 2.22 bits per heavy atom. The fraction of sp³-hybridized carbons (Fsp3) is 0.714. The van der Waals surface area contributed by atoms with Crippen molar-refractivity contribution in [1.82, 2.24) is 0 Å². The molecule has 2 nitrogen and oxygen atoms in total. The van der Waals surface area contributed by atoms with Crippen LogP contribution in [0.1, 0.15) is 27.2 Å². The minimum Gasteiger partial charge on any atom is -0.460 e. The fourth-order valence-electron chi connectivity index (χ4n) is 0.380. The lowest BCUT2D eigenvalue weighted by Gasteiger charge is -2.21. The lowest BCUT2D eigenvalue weighted by atomic mass is 10.1. The first-order valence-corrected chi connectivity index (χ1v) is 3.03. The van der Waals surface area contributed by atoms with Crippen LogP contribution in [0.3, 0.4) is 0 Å². The Morgan fingerprint density at radius 1 is 1.67 bits per heavy atom. The third-order valence-corrected chi connectivity index (χ3v) is 1.24. The maximum atomic E-state index is 10.3. The van der Waals surface area contributed by atoms with Gasteiger partial charge in [-0.2, -0.15) is 0 Å². The van der Waals surface area contributed by atoms with Crippen molar-refractivity contribution in [2.45, 2.75) is 32.8 Å². The summed E-state index contributed by atoms with van der Waals surface area (Å²) in [6, 6.07) is 0. The quantitative estimate of drug-likeness (QED) is 0.529. The number of rotatable bonds is 2. The van der Waals surface area contributed by atoms with Gasteiger partial charge in [-0.1, -0.05) is 6.92 Å². The van der Waals surface area contributed by atoms with E-state index in [0.717, 1.165) is 6.42 Å². The average molecular weight is 129 g/mol. The molecule has 1 radical (unpaired) electrons. The molecule has 53 valence electrons. The van der Waals surface area contributed by atoms with Crippen LogP contribution < -0.4 is 0 Å². The number of hydrogen-bond donors (Lipinski definition) is 0. The number of carbonyl (C=O) groups is 1. The summed E-state index contributed by atoms with van der Waals surface area (Å²) >= 11 is 0. The molecule has 0 heterocycles. The molecule has 0 aromatic heterocycles. The number of hydrogen-bond acceptors (Lipinski definition) is 2. The highest BCUT2D eigenvalue weighted by molar-refractivity contribution is 5.74. The van der Waals surface area contributed by atoms with Crippen molar-refractivity contribution in [2.75, 3.05) is 0 Å². The molecule has 0 spiro atoms. The van der Waals surface area contributed by atoms with Gasteiger partial charge in [-0.3, -0.25) is 4.79 Å². The topological polar surface area (TPSA) is 26.3 Å². The summed E-state index contributed by atoms with van der Waals surface area (Å²) in [6.07, 6.45) is 0.814. The van der Waals surface area contributed by atoms with Crippen LogP contribution in [0.5, 0.6) is 0 Å². The van der Waals surface area contributed by atoms with E-state index in [1.807, 2.05) is 20.8 Å². The van der Waals surface area contributed by atoms with E-state index in [2.05, 4.69) is 6.92 Å². The van der Waals surface area contributed by atoms with Gasteiger partial charge in [0.25, 0.3) is 0 Å². The van der Waals surface area contributed by atoms with E-state index in [9.17, 15) is 4.79 Å². The molecular weight excluding hydrogens is 116 g/mol. The van der Waals surface area contributed by atoms with Gasteiger partial charge in [0.05, 0.1) is 6.92 Å². The number of ether oxygens (including phenoxy) is 1. The van der Waals surface area contributed by atoms with E-state index in [1.165, 1.54) is 0 Å². The molecule has 0 saturated carbocycles. The third kappa shape index (κ3) is 4.01. The molecule has 0 fully saturated rings. The molecular formula is C7H13O2. The second-order valence-corrected chi connectivity index (χ2v) is 2.59. The molecule has 0 N–H and O–H groups in total. The lowest BCUT2D eigenvalue weighted by Crippen LogP contribution is -2.25. The zero-order valence-electron chi connectivity index (χ0n) is 6.23. The van der Waals surface area contributed by atoms with E-state index in [4.69, 9.17) is 4.74 Å². The van der Waals surface area contributed by atoms with Crippen molar-refractivity contribution in [3.63, 3.8) is 0 Å². The predicted octanol–water partition coefficient (Wildman–Crippen LogP) is 1.55.